The van der Waals surface area contributed by atoms with Gasteiger partial charge in [0.05, 0.1) is 10.3 Å². The number of carbonyl (C=O) groups excluding carboxylic acids is 1. The zero-order chi connectivity index (χ0) is 15.2. The molecule has 1 aromatic carbocycles. The molecule has 0 radical (unpaired) electrons. The maximum Gasteiger partial charge on any atom is 0.271 e. The van der Waals surface area contributed by atoms with E-state index in [1.165, 1.54) is 12.1 Å². The summed E-state index contributed by atoms with van der Waals surface area (Å²) in [6, 6.07) is 7.97. The standard InChI is InChI=1S/C13H11ClN2O3S2/c1-7-9-6-8(2-3-10(9)15-13(7)17)16-21(18,19)12-5-4-11(14)20-12/h2-7,16H,1H3,(H,15,17). The van der Waals surface area contributed by atoms with Crippen molar-refractivity contribution >= 4 is 50.2 Å². The number of nitrogens with one attached hydrogen (secondary N) is 2. The van der Waals surface area contributed by atoms with Crippen LogP contribution in [0.15, 0.2) is 34.5 Å². The van der Waals surface area contributed by atoms with Crippen LogP contribution in [0.25, 0.3) is 0 Å². The molecule has 2 heterocycles. The summed E-state index contributed by atoms with van der Waals surface area (Å²) in [5, 5.41) is 2.74. The van der Waals surface area contributed by atoms with Crippen molar-refractivity contribution in [2.24, 2.45) is 0 Å². The average Bonchev–Trinajstić information content (AvgIpc) is 2.96. The van der Waals surface area contributed by atoms with E-state index < -0.39 is 10.0 Å². The van der Waals surface area contributed by atoms with Crippen LogP contribution in [0.4, 0.5) is 11.4 Å². The van der Waals surface area contributed by atoms with Crippen LogP contribution in [-0.2, 0) is 14.8 Å². The Hall–Kier alpha value is -1.57. The van der Waals surface area contributed by atoms with Crippen LogP contribution in [0.2, 0.25) is 4.34 Å². The summed E-state index contributed by atoms with van der Waals surface area (Å²) >= 11 is 6.75. The maximum absolute atomic E-state index is 12.2. The van der Waals surface area contributed by atoms with Crippen molar-refractivity contribution in [2.75, 3.05) is 10.0 Å². The minimum absolute atomic E-state index is 0.0879. The number of hydrogen-bond donors (Lipinski definition) is 2. The summed E-state index contributed by atoms with van der Waals surface area (Å²) in [5.74, 6) is -0.379. The highest BCUT2D eigenvalue weighted by molar-refractivity contribution is 7.94. The minimum Gasteiger partial charge on any atom is -0.325 e. The normalized spacial score (nSPS) is 17.4. The van der Waals surface area contributed by atoms with Crippen molar-refractivity contribution in [3.8, 4) is 0 Å². The predicted octanol–water partition coefficient (Wildman–Crippen LogP) is 3.26. The van der Waals surface area contributed by atoms with Crippen LogP contribution >= 0.6 is 22.9 Å². The molecule has 2 aromatic rings. The number of sulfonamides is 1. The Balaban J connectivity index is 1.91. The number of amides is 1. The lowest BCUT2D eigenvalue weighted by Gasteiger charge is -2.08. The van der Waals surface area contributed by atoms with Crippen molar-refractivity contribution in [1.82, 2.24) is 0 Å². The van der Waals surface area contributed by atoms with Gasteiger partial charge in [-0.15, -0.1) is 11.3 Å². The van der Waals surface area contributed by atoms with Gasteiger partial charge in [0.15, 0.2) is 0 Å². The molecular weight excluding hydrogens is 332 g/mol. The molecule has 110 valence electrons. The van der Waals surface area contributed by atoms with E-state index in [-0.39, 0.29) is 16.0 Å². The van der Waals surface area contributed by atoms with E-state index in [1.54, 1.807) is 25.1 Å². The van der Waals surface area contributed by atoms with Crippen molar-refractivity contribution in [3.63, 3.8) is 0 Å². The molecule has 2 N–H and O–H groups in total. The second-order valence-corrected chi connectivity index (χ2v) is 8.30. The first-order valence-electron chi connectivity index (χ1n) is 6.10. The summed E-state index contributed by atoms with van der Waals surface area (Å²) < 4.78 is 27.5. The van der Waals surface area contributed by atoms with E-state index in [0.717, 1.165) is 22.6 Å². The van der Waals surface area contributed by atoms with Gasteiger partial charge >= 0.3 is 0 Å². The van der Waals surface area contributed by atoms with Crippen LogP contribution in [0.5, 0.6) is 0 Å². The van der Waals surface area contributed by atoms with Crippen molar-refractivity contribution in [2.45, 2.75) is 17.1 Å². The second-order valence-electron chi connectivity index (χ2n) is 4.68. The molecular formula is C13H11ClN2O3S2. The Kier molecular flexibility index (Phi) is 3.43. The minimum atomic E-state index is -3.66. The third kappa shape index (κ3) is 2.64. The SMILES string of the molecule is CC1C(=O)Nc2ccc(NS(=O)(=O)c3ccc(Cl)s3)cc21. The first-order chi connectivity index (χ1) is 9.87. The predicted molar refractivity (Wildman–Crippen MR) is 83.6 cm³/mol. The molecule has 0 aliphatic carbocycles. The monoisotopic (exact) mass is 342 g/mol. The van der Waals surface area contributed by atoms with Crippen LogP contribution in [-0.4, -0.2) is 14.3 Å². The largest absolute Gasteiger partial charge is 0.325 e. The van der Waals surface area contributed by atoms with Gasteiger partial charge < -0.3 is 5.32 Å². The molecule has 21 heavy (non-hydrogen) atoms. The summed E-state index contributed by atoms with van der Waals surface area (Å²) in [6.07, 6.45) is 0. The first kappa shape index (κ1) is 14.4. The lowest BCUT2D eigenvalue weighted by molar-refractivity contribution is -0.116. The number of benzene rings is 1. The number of thiophene rings is 1. The highest BCUT2D eigenvalue weighted by atomic mass is 35.5. The number of hydrogen-bond acceptors (Lipinski definition) is 4. The fourth-order valence-corrected chi connectivity index (χ4v) is 4.66. The molecule has 5 nitrogen and oxygen atoms in total. The van der Waals surface area contributed by atoms with Gasteiger partial charge in [0.2, 0.25) is 5.91 Å². The number of halogens is 1. The number of carbonyl (C=O) groups is 1. The fraction of sp³-hybridized carbons (Fsp3) is 0.154. The molecule has 0 spiro atoms. The molecule has 0 saturated carbocycles. The molecule has 3 rings (SSSR count). The van der Waals surface area contributed by atoms with E-state index >= 15 is 0 Å². The number of anilines is 2. The second kappa shape index (κ2) is 5.01. The van der Waals surface area contributed by atoms with Gasteiger partial charge in [-0.3, -0.25) is 9.52 Å². The van der Waals surface area contributed by atoms with Gasteiger partial charge in [0.1, 0.15) is 4.21 Å². The average molecular weight is 343 g/mol. The van der Waals surface area contributed by atoms with E-state index in [4.69, 9.17) is 11.6 Å². The number of rotatable bonds is 3. The van der Waals surface area contributed by atoms with E-state index in [0.29, 0.717) is 10.0 Å². The molecule has 0 saturated heterocycles. The Morgan fingerprint density at radius 3 is 2.71 bits per heavy atom. The zero-order valence-electron chi connectivity index (χ0n) is 10.9. The van der Waals surface area contributed by atoms with Crippen LogP contribution in [0, 0.1) is 0 Å². The molecule has 1 unspecified atom stereocenters. The zero-order valence-corrected chi connectivity index (χ0v) is 13.3. The van der Waals surface area contributed by atoms with Gasteiger partial charge in [0, 0.05) is 11.4 Å². The van der Waals surface area contributed by atoms with Crippen molar-refractivity contribution in [1.29, 1.82) is 0 Å². The van der Waals surface area contributed by atoms with Crippen LogP contribution < -0.4 is 10.0 Å². The maximum atomic E-state index is 12.2. The molecule has 8 heteroatoms. The van der Waals surface area contributed by atoms with Gasteiger partial charge in [-0.2, -0.15) is 0 Å². The summed E-state index contributed by atoms with van der Waals surface area (Å²) in [5.41, 5.74) is 1.92. The van der Waals surface area contributed by atoms with E-state index in [1.807, 2.05) is 0 Å². The van der Waals surface area contributed by atoms with Crippen LogP contribution in [0.3, 0.4) is 0 Å². The Morgan fingerprint density at radius 2 is 2.05 bits per heavy atom. The lowest BCUT2D eigenvalue weighted by atomic mass is 10.0. The summed E-state index contributed by atoms with van der Waals surface area (Å²) in [4.78, 5) is 11.6. The molecule has 1 aromatic heterocycles. The van der Waals surface area contributed by atoms with Gasteiger partial charge in [-0.1, -0.05) is 11.6 Å². The fourth-order valence-electron chi connectivity index (χ4n) is 2.13. The highest BCUT2D eigenvalue weighted by Crippen LogP contribution is 2.35. The quantitative estimate of drug-likeness (QED) is 0.899. The smallest absolute Gasteiger partial charge is 0.271 e. The third-order valence-electron chi connectivity index (χ3n) is 3.23. The molecule has 1 atom stereocenters. The summed E-state index contributed by atoms with van der Waals surface area (Å²) in [6.45, 7) is 1.78. The molecule has 0 bridgehead atoms. The highest BCUT2D eigenvalue weighted by Gasteiger charge is 2.27. The Bertz CT molecular complexity index is 830. The van der Waals surface area contributed by atoms with Gasteiger partial charge in [-0.05, 0) is 42.8 Å². The topological polar surface area (TPSA) is 75.3 Å². The van der Waals surface area contributed by atoms with Gasteiger partial charge in [-0.25, -0.2) is 8.42 Å². The molecule has 0 fully saturated rings. The van der Waals surface area contributed by atoms with E-state index in [2.05, 4.69) is 10.0 Å². The number of fused-ring (bicyclic) bond motifs is 1. The van der Waals surface area contributed by atoms with Crippen molar-refractivity contribution < 1.29 is 13.2 Å². The van der Waals surface area contributed by atoms with Crippen LogP contribution in [0.1, 0.15) is 18.4 Å². The summed E-state index contributed by atoms with van der Waals surface area (Å²) in [7, 11) is -3.66. The molecule has 1 amide bonds. The lowest BCUT2D eigenvalue weighted by Crippen LogP contribution is -2.11. The Morgan fingerprint density at radius 1 is 1.29 bits per heavy atom. The van der Waals surface area contributed by atoms with E-state index in [9.17, 15) is 13.2 Å². The third-order valence-corrected chi connectivity index (χ3v) is 6.34. The molecule has 1 aliphatic rings. The molecule has 1 aliphatic heterocycles. The van der Waals surface area contributed by atoms with Gasteiger partial charge in [0.25, 0.3) is 10.0 Å². The van der Waals surface area contributed by atoms with Crippen molar-refractivity contribution in [3.05, 3.63) is 40.2 Å². The Labute approximate surface area is 131 Å². The first-order valence-corrected chi connectivity index (χ1v) is 8.77.